The molecule has 0 radical (unpaired) electrons. The predicted molar refractivity (Wildman–Crippen MR) is 73.8 cm³/mol. The van der Waals surface area contributed by atoms with E-state index in [9.17, 15) is 0 Å². The molecule has 0 aliphatic heterocycles. The topological polar surface area (TPSA) is 76.8 Å². The van der Waals surface area contributed by atoms with Crippen LogP contribution in [0.1, 0.15) is 5.56 Å². The van der Waals surface area contributed by atoms with Crippen molar-refractivity contribution in [3.63, 3.8) is 0 Å². The fourth-order valence-corrected chi connectivity index (χ4v) is 2.12. The van der Waals surface area contributed by atoms with Gasteiger partial charge in [0.1, 0.15) is 11.6 Å². The van der Waals surface area contributed by atoms with Crippen LogP contribution in [0.5, 0.6) is 5.75 Å². The molecule has 0 fully saturated rings. The van der Waals surface area contributed by atoms with Crippen LogP contribution in [0.2, 0.25) is 0 Å². The van der Waals surface area contributed by atoms with Crippen molar-refractivity contribution >= 4 is 11.0 Å². The minimum atomic E-state index is 0.467. The Hall–Kier alpha value is -2.40. The zero-order chi connectivity index (χ0) is 13.2. The van der Waals surface area contributed by atoms with Crippen LogP contribution in [0.4, 0.5) is 0 Å². The van der Waals surface area contributed by atoms with Crippen LogP contribution >= 0.6 is 0 Å². The molecule has 3 rings (SSSR count). The van der Waals surface area contributed by atoms with Crippen LogP contribution in [0.25, 0.3) is 22.4 Å². The minimum Gasteiger partial charge on any atom is -0.494 e. The van der Waals surface area contributed by atoms with E-state index in [0.29, 0.717) is 12.3 Å². The summed E-state index contributed by atoms with van der Waals surface area (Å²) in [6, 6.07) is 7.81. The van der Waals surface area contributed by atoms with Crippen LogP contribution < -0.4 is 10.5 Å². The number of pyridine rings is 1. The van der Waals surface area contributed by atoms with Gasteiger partial charge in [0.2, 0.25) is 0 Å². The molecule has 96 valence electrons. The van der Waals surface area contributed by atoms with E-state index in [-0.39, 0.29) is 0 Å². The van der Waals surface area contributed by atoms with Crippen molar-refractivity contribution in [3.8, 4) is 17.1 Å². The number of methoxy groups -OCH3 is 1. The molecule has 5 heteroatoms. The molecule has 2 aromatic heterocycles. The Morgan fingerprint density at radius 2 is 2.21 bits per heavy atom. The number of H-pyrrole nitrogens is 1. The fourth-order valence-electron chi connectivity index (χ4n) is 2.12. The quantitative estimate of drug-likeness (QED) is 0.750. The van der Waals surface area contributed by atoms with Crippen molar-refractivity contribution < 1.29 is 4.74 Å². The molecule has 5 nitrogen and oxygen atoms in total. The molecular formula is C14H14N4O. The molecule has 0 bridgehead atoms. The molecule has 3 aromatic rings. The van der Waals surface area contributed by atoms with E-state index in [4.69, 9.17) is 10.5 Å². The van der Waals surface area contributed by atoms with Gasteiger partial charge in [0.25, 0.3) is 0 Å². The molecule has 3 N–H and O–H groups in total. The maximum Gasteiger partial charge on any atom is 0.148 e. The van der Waals surface area contributed by atoms with Gasteiger partial charge >= 0.3 is 0 Å². The molecule has 0 atom stereocenters. The number of nitrogens with two attached hydrogens (primary N) is 1. The number of imidazole rings is 1. The largest absolute Gasteiger partial charge is 0.494 e. The number of nitrogens with zero attached hydrogens (tertiary/aromatic N) is 2. The van der Waals surface area contributed by atoms with Gasteiger partial charge in [-0.3, -0.25) is 4.98 Å². The van der Waals surface area contributed by atoms with Crippen molar-refractivity contribution in [2.45, 2.75) is 6.54 Å². The van der Waals surface area contributed by atoms with Crippen molar-refractivity contribution in [1.82, 2.24) is 15.0 Å². The first kappa shape index (κ1) is 11.7. The average molecular weight is 254 g/mol. The Labute approximate surface area is 110 Å². The van der Waals surface area contributed by atoms with Crippen LogP contribution in [0.15, 0.2) is 36.7 Å². The third-order valence-electron chi connectivity index (χ3n) is 3.08. The summed E-state index contributed by atoms with van der Waals surface area (Å²) in [5, 5.41) is 0. The van der Waals surface area contributed by atoms with Crippen molar-refractivity contribution in [2.75, 3.05) is 7.11 Å². The Balaban J connectivity index is 2.21. The molecule has 0 saturated heterocycles. The second kappa shape index (κ2) is 4.70. The highest BCUT2D eigenvalue weighted by atomic mass is 16.5. The summed E-state index contributed by atoms with van der Waals surface area (Å²) >= 11 is 0. The minimum absolute atomic E-state index is 0.467. The van der Waals surface area contributed by atoms with Gasteiger partial charge < -0.3 is 15.5 Å². The lowest BCUT2D eigenvalue weighted by molar-refractivity contribution is 0.414. The maximum atomic E-state index is 5.73. The summed E-state index contributed by atoms with van der Waals surface area (Å²) in [4.78, 5) is 11.9. The van der Waals surface area contributed by atoms with E-state index in [1.54, 1.807) is 19.5 Å². The van der Waals surface area contributed by atoms with Gasteiger partial charge in [-0.05, 0) is 17.7 Å². The molecule has 0 aliphatic rings. The number of nitrogens with one attached hydrogen (secondary N) is 1. The number of ether oxygens (including phenoxy) is 1. The van der Waals surface area contributed by atoms with Crippen molar-refractivity contribution in [1.29, 1.82) is 0 Å². The van der Waals surface area contributed by atoms with Crippen LogP contribution in [0, 0.1) is 0 Å². The summed E-state index contributed by atoms with van der Waals surface area (Å²) in [6.45, 7) is 0.467. The molecule has 0 spiro atoms. The van der Waals surface area contributed by atoms with Gasteiger partial charge in [0, 0.05) is 12.7 Å². The van der Waals surface area contributed by atoms with E-state index in [0.717, 1.165) is 28.0 Å². The molecule has 0 saturated carbocycles. The van der Waals surface area contributed by atoms with Gasteiger partial charge in [0.05, 0.1) is 29.9 Å². The van der Waals surface area contributed by atoms with E-state index < -0.39 is 0 Å². The van der Waals surface area contributed by atoms with E-state index in [1.807, 2.05) is 24.3 Å². The third-order valence-corrected chi connectivity index (χ3v) is 3.08. The summed E-state index contributed by atoms with van der Waals surface area (Å²) in [6.07, 6.45) is 3.39. The molecule has 1 aromatic carbocycles. The summed E-state index contributed by atoms with van der Waals surface area (Å²) in [5.41, 5.74) is 9.51. The number of para-hydroxylation sites is 1. The second-order valence-electron chi connectivity index (χ2n) is 4.18. The first-order valence-electron chi connectivity index (χ1n) is 5.99. The number of benzene rings is 1. The second-order valence-corrected chi connectivity index (χ2v) is 4.18. The van der Waals surface area contributed by atoms with Crippen LogP contribution in [0.3, 0.4) is 0 Å². The maximum absolute atomic E-state index is 5.73. The Morgan fingerprint density at radius 1 is 1.32 bits per heavy atom. The predicted octanol–water partition coefficient (Wildman–Crippen LogP) is 2.09. The number of fused-ring (bicyclic) bond motifs is 1. The summed E-state index contributed by atoms with van der Waals surface area (Å²) in [7, 11) is 1.62. The molecular weight excluding hydrogens is 240 g/mol. The van der Waals surface area contributed by atoms with Crippen LogP contribution in [-0.4, -0.2) is 22.1 Å². The fraction of sp³-hybridized carbons (Fsp3) is 0.143. The van der Waals surface area contributed by atoms with Gasteiger partial charge in [0.15, 0.2) is 0 Å². The van der Waals surface area contributed by atoms with Crippen LogP contribution in [-0.2, 0) is 6.54 Å². The number of rotatable bonds is 3. The zero-order valence-electron chi connectivity index (χ0n) is 10.6. The smallest absolute Gasteiger partial charge is 0.148 e. The van der Waals surface area contributed by atoms with Crippen molar-refractivity contribution in [2.24, 2.45) is 5.73 Å². The lowest BCUT2D eigenvalue weighted by Crippen LogP contribution is -1.96. The molecule has 2 heterocycles. The Morgan fingerprint density at radius 3 is 3.00 bits per heavy atom. The SMILES string of the molecule is COc1cnccc1-c1nc2c(CN)cccc2[nH]1. The Kier molecular flexibility index (Phi) is 2.89. The highest BCUT2D eigenvalue weighted by Crippen LogP contribution is 2.28. The normalized spacial score (nSPS) is 10.8. The summed E-state index contributed by atoms with van der Waals surface area (Å²) in [5.74, 6) is 1.45. The average Bonchev–Trinajstić information content (AvgIpc) is 2.90. The number of hydrogen-bond acceptors (Lipinski definition) is 4. The highest BCUT2D eigenvalue weighted by Gasteiger charge is 2.11. The Bertz CT molecular complexity index is 720. The number of aromatic nitrogens is 3. The summed E-state index contributed by atoms with van der Waals surface area (Å²) < 4.78 is 5.31. The lowest BCUT2D eigenvalue weighted by atomic mass is 10.2. The van der Waals surface area contributed by atoms with Gasteiger partial charge in [-0.15, -0.1) is 0 Å². The monoisotopic (exact) mass is 254 g/mol. The van der Waals surface area contributed by atoms with Gasteiger partial charge in [-0.1, -0.05) is 12.1 Å². The van der Waals surface area contributed by atoms with Crippen molar-refractivity contribution in [3.05, 3.63) is 42.2 Å². The zero-order valence-corrected chi connectivity index (χ0v) is 10.6. The van der Waals surface area contributed by atoms with Gasteiger partial charge in [-0.25, -0.2) is 4.98 Å². The number of hydrogen-bond donors (Lipinski definition) is 2. The molecule has 0 aliphatic carbocycles. The standard InChI is InChI=1S/C14H14N4O/c1-19-12-8-16-6-5-10(12)14-17-11-4-2-3-9(7-15)13(11)18-14/h2-6,8H,7,15H2,1H3,(H,17,18). The first-order chi connectivity index (χ1) is 9.33. The first-order valence-corrected chi connectivity index (χ1v) is 5.99. The third kappa shape index (κ3) is 1.94. The highest BCUT2D eigenvalue weighted by molar-refractivity contribution is 5.83. The van der Waals surface area contributed by atoms with E-state index in [2.05, 4.69) is 15.0 Å². The molecule has 0 amide bonds. The molecule has 0 unspecified atom stereocenters. The molecule has 19 heavy (non-hydrogen) atoms. The number of aromatic amines is 1. The lowest BCUT2D eigenvalue weighted by Gasteiger charge is -2.03. The van der Waals surface area contributed by atoms with E-state index >= 15 is 0 Å². The van der Waals surface area contributed by atoms with Gasteiger partial charge in [-0.2, -0.15) is 0 Å². The van der Waals surface area contributed by atoms with E-state index in [1.165, 1.54) is 0 Å².